The second kappa shape index (κ2) is 8.11. The van der Waals surface area contributed by atoms with Gasteiger partial charge in [0.15, 0.2) is 0 Å². The standard InChI is InChI=1S/C18H18N4O4/c1-24-13-9-12(10-14(11-13)25-2)17(23)20-8-6-16-21-22-18(26-16)15-5-3-4-7-19-15/h3-5,7,9-11H,6,8H2,1-2H3,(H,20,23). The van der Waals surface area contributed by atoms with Crippen LogP contribution in [-0.4, -0.2) is 41.9 Å². The fourth-order valence-corrected chi connectivity index (χ4v) is 2.27. The zero-order chi connectivity index (χ0) is 18.4. The molecule has 0 saturated heterocycles. The van der Waals surface area contributed by atoms with E-state index in [0.717, 1.165) is 0 Å². The average molecular weight is 354 g/mol. The van der Waals surface area contributed by atoms with E-state index >= 15 is 0 Å². The molecule has 0 fully saturated rings. The monoisotopic (exact) mass is 354 g/mol. The molecule has 0 saturated carbocycles. The lowest BCUT2D eigenvalue weighted by molar-refractivity contribution is 0.0953. The van der Waals surface area contributed by atoms with E-state index in [0.29, 0.717) is 47.5 Å². The van der Waals surface area contributed by atoms with Crippen LogP contribution in [0.3, 0.4) is 0 Å². The largest absolute Gasteiger partial charge is 0.497 e. The van der Waals surface area contributed by atoms with Gasteiger partial charge in [0.25, 0.3) is 11.8 Å². The van der Waals surface area contributed by atoms with Crippen LogP contribution in [0.2, 0.25) is 0 Å². The maximum Gasteiger partial charge on any atom is 0.266 e. The van der Waals surface area contributed by atoms with Crippen LogP contribution in [0.4, 0.5) is 0 Å². The van der Waals surface area contributed by atoms with Crippen molar-refractivity contribution in [3.63, 3.8) is 0 Å². The van der Waals surface area contributed by atoms with Crippen molar-refractivity contribution in [2.24, 2.45) is 0 Å². The Kier molecular flexibility index (Phi) is 5.43. The van der Waals surface area contributed by atoms with Crippen LogP contribution in [0.25, 0.3) is 11.6 Å². The zero-order valence-electron chi connectivity index (χ0n) is 14.4. The summed E-state index contributed by atoms with van der Waals surface area (Å²) in [7, 11) is 3.07. The Morgan fingerprint density at radius 1 is 1.12 bits per heavy atom. The third-order valence-corrected chi connectivity index (χ3v) is 3.59. The summed E-state index contributed by atoms with van der Waals surface area (Å²) in [5, 5.41) is 10.7. The predicted molar refractivity (Wildman–Crippen MR) is 93.1 cm³/mol. The third-order valence-electron chi connectivity index (χ3n) is 3.59. The number of hydrogen-bond donors (Lipinski definition) is 1. The lowest BCUT2D eigenvalue weighted by Gasteiger charge is -2.08. The van der Waals surface area contributed by atoms with Gasteiger partial charge in [-0.2, -0.15) is 0 Å². The quantitative estimate of drug-likeness (QED) is 0.694. The van der Waals surface area contributed by atoms with Crippen LogP contribution in [0, 0.1) is 0 Å². The number of hydrogen-bond acceptors (Lipinski definition) is 7. The maximum atomic E-state index is 12.3. The SMILES string of the molecule is COc1cc(OC)cc(C(=O)NCCc2nnc(-c3ccccn3)o2)c1. The first-order valence-corrected chi connectivity index (χ1v) is 7.94. The number of pyridine rings is 1. The summed E-state index contributed by atoms with van der Waals surface area (Å²) in [6.45, 7) is 0.349. The minimum absolute atomic E-state index is 0.244. The van der Waals surface area contributed by atoms with Crippen LogP contribution in [-0.2, 0) is 6.42 Å². The summed E-state index contributed by atoms with van der Waals surface area (Å²) in [6, 6.07) is 10.4. The van der Waals surface area contributed by atoms with Gasteiger partial charge in [0, 0.05) is 30.8 Å². The van der Waals surface area contributed by atoms with Gasteiger partial charge in [0.1, 0.15) is 17.2 Å². The van der Waals surface area contributed by atoms with E-state index in [-0.39, 0.29) is 5.91 Å². The number of methoxy groups -OCH3 is 2. The molecule has 2 aromatic heterocycles. The normalized spacial score (nSPS) is 10.4. The molecule has 8 nitrogen and oxygen atoms in total. The molecule has 0 unspecified atom stereocenters. The maximum absolute atomic E-state index is 12.3. The molecule has 0 aliphatic heterocycles. The Hall–Kier alpha value is -3.42. The lowest BCUT2D eigenvalue weighted by Crippen LogP contribution is -2.25. The summed E-state index contributed by atoms with van der Waals surface area (Å²) in [6.07, 6.45) is 2.06. The van der Waals surface area contributed by atoms with Gasteiger partial charge >= 0.3 is 0 Å². The first kappa shape index (κ1) is 17.4. The van der Waals surface area contributed by atoms with Crippen molar-refractivity contribution in [1.29, 1.82) is 0 Å². The molecule has 0 spiro atoms. The molecule has 0 aliphatic carbocycles. The van der Waals surface area contributed by atoms with Gasteiger partial charge in [-0.1, -0.05) is 6.07 Å². The van der Waals surface area contributed by atoms with E-state index in [1.165, 1.54) is 14.2 Å². The Morgan fingerprint density at radius 3 is 2.54 bits per heavy atom. The number of aromatic nitrogens is 3. The first-order valence-electron chi connectivity index (χ1n) is 7.94. The molecule has 0 atom stereocenters. The van der Waals surface area contributed by atoms with E-state index in [2.05, 4.69) is 20.5 Å². The number of amides is 1. The van der Waals surface area contributed by atoms with Gasteiger partial charge in [-0.3, -0.25) is 9.78 Å². The van der Waals surface area contributed by atoms with Crippen molar-refractivity contribution in [3.05, 3.63) is 54.0 Å². The Morgan fingerprint density at radius 2 is 1.88 bits per heavy atom. The van der Waals surface area contributed by atoms with E-state index in [1.807, 2.05) is 12.1 Å². The van der Waals surface area contributed by atoms with E-state index in [4.69, 9.17) is 13.9 Å². The molecule has 26 heavy (non-hydrogen) atoms. The molecule has 1 aromatic carbocycles. The molecular weight excluding hydrogens is 336 g/mol. The van der Waals surface area contributed by atoms with Crippen LogP contribution in [0.5, 0.6) is 11.5 Å². The summed E-state index contributed by atoms with van der Waals surface area (Å²) < 4.78 is 15.9. The smallest absolute Gasteiger partial charge is 0.266 e. The first-order chi connectivity index (χ1) is 12.7. The van der Waals surface area contributed by atoms with Crippen molar-refractivity contribution in [1.82, 2.24) is 20.5 Å². The van der Waals surface area contributed by atoms with Crippen LogP contribution >= 0.6 is 0 Å². The lowest BCUT2D eigenvalue weighted by atomic mass is 10.2. The second-order valence-electron chi connectivity index (χ2n) is 5.32. The molecule has 0 radical (unpaired) electrons. The van der Waals surface area contributed by atoms with Gasteiger partial charge in [-0.15, -0.1) is 10.2 Å². The van der Waals surface area contributed by atoms with Gasteiger partial charge in [0.05, 0.1) is 14.2 Å². The Balaban J connectivity index is 1.58. The molecule has 0 bridgehead atoms. The highest BCUT2D eigenvalue weighted by Gasteiger charge is 2.12. The van der Waals surface area contributed by atoms with Gasteiger partial charge in [0.2, 0.25) is 5.89 Å². The summed E-state index contributed by atoms with van der Waals surface area (Å²) >= 11 is 0. The van der Waals surface area contributed by atoms with Gasteiger partial charge in [-0.25, -0.2) is 0 Å². The highest BCUT2D eigenvalue weighted by molar-refractivity contribution is 5.95. The minimum atomic E-state index is -0.244. The van der Waals surface area contributed by atoms with Crippen LogP contribution in [0.15, 0.2) is 47.0 Å². The molecule has 134 valence electrons. The Labute approximate surface area is 150 Å². The topological polar surface area (TPSA) is 99.4 Å². The van der Waals surface area contributed by atoms with Crippen molar-refractivity contribution in [2.75, 3.05) is 20.8 Å². The fraction of sp³-hybridized carbons (Fsp3) is 0.222. The number of ether oxygens (including phenoxy) is 2. The summed E-state index contributed by atoms with van der Waals surface area (Å²) in [5.41, 5.74) is 1.06. The highest BCUT2D eigenvalue weighted by atomic mass is 16.5. The van der Waals surface area contributed by atoms with Gasteiger partial charge < -0.3 is 19.2 Å². The average Bonchev–Trinajstić information content (AvgIpc) is 3.17. The van der Waals surface area contributed by atoms with Crippen LogP contribution in [0.1, 0.15) is 16.2 Å². The van der Waals surface area contributed by atoms with E-state index in [1.54, 1.807) is 30.5 Å². The molecule has 1 amide bonds. The summed E-state index contributed by atoms with van der Waals surface area (Å²) in [4.78, 5) is 16.5. The molecule has 3 aromatic rings. The number of carbonyl (C=O) groups is 1. The van der Waals surface area contributed by atoms with Crippen molar-refractivity contribution >= 4 is 5.91 Å². The molecule has 2 heterocycles. The molecule has 1 N–H and O–H groups in total. The molecular formula is C18H18N4O4. The third kappa shape index (κ3) is 4.15. The number of nitrogens with zero attached hydrogens (tertiary/aromatic N) is 3. The van der Waals surface area contributed by atoms with E-state index in [9.17, 15) is 4.79 Å². The zero-order valence-corrected chi connectivity index (χ0v) is 14.4. The molecule has 0 aliphatic rings. The highest BCUT2D eigenvalue weighted by Crippen LogP contribution is 2.22. The number of rotatable bonds is 7. The van der Waals surface area contributed by atoms with Crippen molar-refractivity contribution in [3.8, 4) is 23.1 Å². The van der Waals surface area contributed by atoms with E-state index < -0.39 is 0 Å². The van der Waals surface area contributed by atoms with Gasteiger partial charge in [-0.05, 0) is 24.3 Å². The minimum Gasteiger partial charge on any atom is -0.497 e. The number of benzene rings is 1. The van der Waals surface area contributed by atoms with Crippen molar-refractivity contribution < 1.29 is 18.7 Å². The molecule has 3 rings (SSSR count). The summed E-state index contributed by atoms with van der Waals surface area (Å²) in [5.74, 6) is 1.63. The molecule has 8 heteroatoms. The Bertz CT molecular complexity index is 858. The number of carbonyl (C=O) groups excluding carboxylic acids is 1. The van der Waals surface area contributed by atoms with Crippen LogP contribution < -0.4 is 14.8 Å². The fourth-order valence-electron chi connectivity index (χ4n) is 2.27. The second-order valence-corrected chi connectivity index (χ2v) is 5.32. The number of nitrogens with one attached hydrogen (secondary N) is 1. The van der Waals surface area contributed by atoms with Crippen molar-refractivity contribution in [2.45, 2.75) is 6.42 Å². The predicted octanol–water partition coefficient (Wildman–Crippen LogP) is 2.12.